The Morgan fingerprint density at radius 1 is 1.16 bits per heavy atom. The Hall–Kier alpha value is -2.04. The molecule has 0 aromatic heterocycles. The molecule has 0 saturated heterocycles. The van der Waals surface area contributed by atoms with Crippen LogP contribution in [-0.4, -0.2) is 24.5 Å². The van der Waals surface area contributed by atoms with E-state index in [1.54, 1.807) is 0 Å². The molecule has 2 N–H and O–H groups in total. The van der Waals surface area contributed by atoms with E-state index in [9.17, 15) is 9.59 Å². The first-order chi connectivity index (χ1) is 11.8. The van der Waals surface area contributed by atoms with Crippen LogP contribution in [0.2, 0.25) is 0 Å². The summed E-state index contributed by atoms with van der Waals surface area (Å²) in [6.07, 6.45) is 5.21. The third-order valence-electron chi connectivity index (χ3n) is 4.98. The maximum atomic E-state index is 12.5. The summed E-state index contributed by atoms with van der Waals surface area (Å²) in [5, 5.41) is 6.10. The highest BCUT2D eigenvalue weighted by molar-refractivity contribution is 5.94. The highest BCUT2D eigenvalue weighted by Gasteiger charge is 2.29. The van der Waals surface area contributed by atoms with Gasteiger partial charge in [0.05, 0.1) is 5.92 Å². The molecule has 5 heteroatoms. The first-order valence-electron chi connectivity index (χ1n) is 9.20. The molecule has 0 spiro atoms. The Morgan fingerprint density at radius 2 is 1.88 bits per heavy atom. The monoisotopic (exact) mass is 344 g/mol. The SMILES string of the molecule is CC(C)(C)C(=O)Nc1ccc2c(c1)C[C@@H](C(=O)NC1CCCC1)CO2. The van der Waals surface area contributed by atoms with Crippen molar-refractivity contribution in [3.05, 3.63) is 23.8 Å². The zero-order valence-corrected chi connectivity index (χ0v) is 15.4. The molecule has 1 fully saturated rings. The Bertz CT molecular complexity index is 657. The van der Waals surface area contributed by atoms with Crippen LogP contribution in [0.4, 0.5) is 5.69 Å². The van der Waals surface area contributed by atoms with E-state index in [1.807, 2.05) is 39.0 Å². The minimum atomic E-state index is -0.448. The van der Waals surface area contributed by atoms with E-state index in [0.717, 1.165) is 29.8 Å². The fraction of sp³-hybridized carbons (Fsp3) is 0.600. The Morgan fingerprint density at radius 3 is 2.56 bits per heavy atom. The summed E-state index contributed by atoms with van der Waals surface area (Å²) in [7, 11) is 0. The second-order valence-corrected chi connectivity index (χ2v) is 8.23. The van der Waals surface area contributed by atoms with Crippen molar-refractivity contribution >= 4 is 17.5 Å². The summed E-state index contributed by atoms with van der Waals surface area (Å²) in [5.41, 5.74) is 1.28. The van der Waals surface area contributed by atoms with E-state index in [1.165, 1.54) is 12.8 Å². The summed E-state index contributed by atoms with van der Waals surface area (Å²) in [4.78, 5) is 24.7. The van der Waals surface area contributed by atoms with Gasteiger partial charge in [-0.05, 0) is 43.0 Å². The molecular weight excluding hydrogens is 316 g/mol. The maximum absolute atomic E-state index is 12.5. The van der Waals surface area contributed by atoms with Gasteiger partial charge in [0, 0.05) is 17.1 Å². The van der Waals surface area contributed by atoms with Crippen molar-refractivity contribution in [2.45, 2.75) is 58.9 Å². The standard InChI is InChI=1S/C20H28N2O3/c1-20(2,3)19(24)22-16-8-9-17-13(11-16)10-14(12-25-17)18(23)21-15-6-4-5-7-15/h8-9,11,14-15H,4-7,10,12H2,1-3H3,(H,21,23)(H,22,24)/t14-/m1/s1. The number of fused-ring (bicyclic) bond motifs is 1. The third kappa shape index (κ3) is 4.33. The van der Waals surface area contributed by atoms with Crippen molar-refractivity contribution in [1.82, 2.24) is 5.32 Å². The van der Waals surface area contributed by atoms with Crippen molar-refractivity contribution in [2.24, 2.45) is 11.3 Å². The van der Waals surface area contributed by atoms with Gasteiger partial charge in [-0.15, -0.1) is 0 Å². The van der Waals surface area contributed by atoms with Crippen molar-refractivity contribution in [3.63, 3.8) is 0 Å². The number of anilines is 1. The minimum absolute atomic E-state index is 0.0281. The van der Waals surface area contributed by atoms with Gasteiger partial charge in [-0.25, -0.2) is 0 Å². The van der Waals surface area contributed by atoms with Crippen LogP contribution in [0.1, 0.15) is 52.0 Å². The molecule has 0 bridgehead atoms. The number of nitrogens with one attached hydrogen (secondary N) is 2. The van der Waals surface area contributed by atoms with E-state index in [-0.39, 0.29) is 17.7 Å². The van der Waals surface area contributed by atoms with Gasteiger partial charge in [0.15, 0.2) is 0 Å². The fourth-order valence-electron chi connectivity index (χ4n) is 3.35. The van der Waals surface area contributed by atoms with E-state index in [0.29, 0.717) is 19.1 Å². The number of carbonyl (C=O) groups excluding carboxylic acids is 2. The quantitative estimate of drug-likeness (QED) is 0.884. The molecule has 1 aromatic rings. The Labute approximate surface area is 149 Å². The fourth-order valence-corrected chi connectivity index (χ4v) is 3.35. The van der Waals surface area contributed by atoms with E-state index in [4.69, 9.17) is 4.74 Å². The van der Waals surface area contributed by atoms with E-state index in [2.05, 4.69) is 10.6 Å². The van der Waals surface area contributed by atoms with Crippen molar-refractivity contribution < 1.29 is 14.3 Å². The average molecular weight is 344 g/mol. The van der Waals surface area contributed by atoms with Gasteiger partial charge in [0.1, 0.15) is 12.4 Å². The predicted molar refractivity (Wildman–Crippen MR) is 97.6 cm³/mol. The van der Waals surface area contributed by atoms with Crippen LogP contribution in [0, 0.1) is 11.3 Å². The molecule has 2 aliphatic rings. The normalized spacial score (nSPS) is 20.5. The van der Waals surface area contributed by atoms with Gasteiger partial charge in [-0.2, -0.15) is 0 Å². The molecule has 0 radical (unpaired) electrons. The lowest BCUT2D eigenvalue weighted by molar-refractivity contribution is -0.127. The van der Waals surface area contributed by atoms with Crippen LogP contribution >= 0.6 is 0 Å². The van der Waals surface area contributed by atoms with Crippen LogP contribution in [0.15, 0.2) is 18.2 Å². The van der Waals surface area contributed by atoms with Gasteiger partial charge in [-0.1, -0.05) is 33.6 Å². The molecule has 1 heterocycles. The lowest BCUT2D eigenvalue weighted by Gasteiger charge is -2.26. The van der Waals surface area contributed by atoms with Crippen molar-refractivity contribution in [1.29, 1.82) is 0 Å². The Kier molecular flexibility index (Phi) is 5.02. The number of hydrogen-bond donors (Lipinski definition) is 2. The van der Waals surface area contributed by atoms with Gasteiger partial charge in [0.25, 0.3) is 0 Å². The Balaban J connectivity index is 1.66. The summed E-state index contributed by atoms with van der Waals surface area (Å²) in [6, 6.07) is 5.97. The predicted octanol–water partition coefficient (Wildman–Crippen LogP) is 3.28. The third-order valence-corrected chi connectivity index (χ3v) is 4.98. The molecule has 0 unspecified atom stereocenters. The van der Waals surface area contributed by atoms with Gasteiger partial charge in [-0.3, -0.25) is 9.59 Å². The zero-order valence-electron chi connectivity index (χ0n) is 15.4. The summed E-state index contributed by atoms with van der Waals surface area (Å²) < 4.78 is 5.78. The molecule has 1 atom stereocenters. The van der Waals surface area contributed by atoms with Gasteiger partial charge in [0.2, 0.25) is 11.8 Å². The molecule has 2 amide bonds. The molecule has 1 aromatic carbocycles. The zero-order chi connectivity index (χ0) is 18.0. The first kappa shape index (κ1) is 17.8. The molecule has 25 heavy (non-hydrogen) atoms. The number of ether oxygens (including phenoxy) is 1. The van der Waals surface area contributed by atoms with Gasteiger partial charge >= 0.3 is 0 Å². The van der Waals surface area contributed by atoms with Crippen LogP contribution in [0.3, 0.4) is 0 Å². The molecular formula is C20H28N2O3. The van der Waals surface area contributed by atoms with Gasteiger partial charge < -0.3 is 15.4 Å². The van der Waals surface area contributed by atoms with E-state index >= 15 is 0 Å². The topological polar surface area (TPSA) is 67.4 Å². The van der Waals surface area contributed by atoms with Crippen LogP contribution in [0.25, 0.3) is 0 Å². The van der Waals surface area contributed by atoms with Crippen molar-refractivity contribution in [2.75, 3.05) is 11.9 Å². The highest BCUT2D eigenvalue weighted by Crippen LogP contribution is 2.31. The lowest BCUT2D eigenvalue weighted by atomic mass is 9.94. The molecule has 5 nitrogen and oxygen atoms in total. The molecule has 1 aliphatic heterocycles. The summed E-state index contributed by atoms with van der Waals surface area (Å²) >= 11 is 0. The highest BCUT2D eigenvalue weighted by atomic mass is 16.5. The first-order valence-corrected chi connectivity index (χ1v) is 9.20. The second-order valence-electron chi connectivity index (χ2n) is 8.23. The van der Waals surface area contributed by atoms with Crippen LogP contribution in [0.5, 0.6) is 5.75 Å². The lowest BCUT2D eigenvalue weighted by Crippen LogP contribution is -2.41. The number of amides is 2. The molecule has 1 saturated carbocycles. The number of benzene rings is 1. The second kappa shape index (κ2) is 7.06. The molecule has 136 valence electrons. The number of rotatable bonds is 3. The average Bonchev–Trinajstić information content (AvgIpc) is 3.06. The largest absolute Gasteiger partial charge is 0.492 e. The molecule has 3 rings (SSSR count). The van der Waals surface area contributed by atoms with Crippen molar-refractivity contribution in [3.8, 4) is 5.75 Å². The smallest absolute Gasteiger partial charge is 0.229 e. The van der Waals surface area contributed by atoms with E-state index < -0.39 is 5.41 Å². The summed E-state index contributed by atoms with van der Waals surface area (Å²) in [6.45, 7) is 6.06. The minimum Gasteiger partial charge on any atom is -0.492 e. The molecule has 1 aliphatic carbocycles. The number of hydrogen-bond acceptors (Lipinski definition) is 3. The maximum Gasteiger partial charge on any atom is 0.229 e. The summed E-state index contributed by atoms with van der Waals surface area (Å²) in [5.74, 6) is 0.696. The van der Waals surface area contributed by atoms with Crippen LogP contribution in [-0.2, 0) is 16.0 Å². The number of carbonyl (C=O) groups is 2. The van der Waals surface area contributed by atoms with Crippen LogP contribution < -0.4 is 15.4 Å².